The molecule has 3 aromatic rings. The van der Waals surface area contributed by atoms with E-state index in [1.54, 1.807) is 12.3 Å². The number of halogens is 1. The molecule has 1 amide bonds. The Morgan fingerprint density at radius 2 is 1.66 bits per heavy atom. The number of carbonyl (C=O) groups excluding carboxylic acids is 2. The van der Waals surface area contributed by atoms with Crippen molar-refractivity contribution in [2.45, 2.75) is 50.7 Å². The summed E-state index contributed by atoms with van der Waals surface area (Å²) in [4.78, 5) is 33.9. The van der Waals surface area contributed by atoms with E-state index in [0.29, 0.717) is 17.2 Å². The van der Waals surface area contributed by atoms with Crippen LogP contribution < -0.4 is 5.32 Å². The summed E-state index contributed by atoms with van der Waals surface area (Å²) in [6.07, 6.45) is 7.21. The van der Waals surface area contributed by atoms with Gasteiger partial charge in [-0.25, -0.2) is 4.39 Å². The van der Waals surface area contributed by atoms with Crippen LogP contribution >= 0.6 is 0 Å². The summed E-state index contributed by atoms with van der Waals surface area (Å²) in [5.74, 6) is 0.106. The van der Waals surface area contributed by atoms with E-state index >= 15 is 0 Å². The Morgan fingerprint density at radius 1 is 0.976 bits per heavy atom. The molecule has 1 N–H and O–H groups in total. The summed E-state index contributed by atoms with van der Waals surface area (Å²) >= 11 is 0. The number of hydrogen-bond acceptors (Lipinski definition) is 6. The number of rotatable bonds is 9. The Labute approximate surface area is 241 Å². The number of aldehydes is 1. The van der Waals surface area contributed by atoms with Gasteiger partial charge < -0.3 is 10.1 Å². The molecule has 8 heteroatoms. The molecule has 0 saturated carbocycles. The zero-order valence-corrected chi connectivity index (χ0v) is 23.2. The maximum atomic E-state index is 13.2. The minimum absolute atomic E-state index is 0.0973. The smallest absolute Gasteiger partial charge is 0.270 e. The first-order chi connectivity index (χ1) is 20.0. The first-order valence-corrected chi connectivity index (χ1v) is 14.4. The average molecular weight is 554 g/mol. The Hall–Kier alpha value is -3.93. The fourth-order valence-corrected chi connectivity index (χ4v) is 5.92. The number of likely N-dealkylation sites (tertiary alicyclic amines) is 2. The molecule has 5 rings (SSSR count). The van der Waals surface area contributed by atoms with Crippen LogP contribution in [0.5, 0.6) is 0 Å². The van der Waals surface area contributed by atoms with Crippen LogP contribution in [-0.2, 0) is 17.8 Å². The van der Waals surface area contributed by atoms with Crippen molar-refractivity contribution in [2.24, 2.45) is 5.92 Å². The maximum Gasteiger partial charge on any atom is 0.270 e. The number of aromatic nitrogens is 1. The second-order valence-corrected chi connectivity index (χ2v) is 11.2. The second-order valence-electron chi connectivity index (χ2n) is 11.2. The molecule has 0 aliphatic carbocycles. The van der Waals surface area contributed by atoms with E-state index in [2.05, 4.69) is 26.2 Å². The third-order valence-corrected chi connectivity index (χ3v) is 8.38. The SMILES string of the molecule is N#Cc1ccc(CN2CCC(NC(=O)c3ccc(C(C=O)N4CCC(Cc5ccc(F)cc5)CC4)cn3)CC2)cc1. The van der Waals surface area contributed by atoms with Crippen LogP contribution in [0, 0.1) is 23.1 Å². The van der Waals surface area contributed by atoms with Gasteiger partial charge in [-0.3, -0.25) is 19.6 Å². The topological polar surface area (TPSA) is 89.3 Å². The van der Waals surface area contributed by atoms with Gasteiger partial charge in [0.2, 0.25) is 0 Å². The fraction of sp³-hybridized carbons (Fsp3) is 0.394. The molecule has 2 aliphatic rings. The van der Waals surface area contributed by atoms with Crippen molar-refractivity contribution >= 4 is 12.2 Å². The van der Waals surface area contributed by atoms with Crippen molar-refractivity contribution < 1.29 is 14.0 Å². The van der Waals surface area contributed by atoms with Crippen LogP contribution in [0.2, 0.25) is 0 Å². The van der Waals surface area contributed by atoms with Crippen LogP contribution in [0.15, 0.2) is 66.9 Å². The molecule has 212 valence electrons. The maximum absolute atomic E-state index is 13.2. The fourth-order valence-electron chi connectivity index (χ4n) is 5.92. The molecule has 3 heterocycles. The van der Waals surface area contributed by atoms with Crippen LogP contribution in [-0.4, -0.2) is 59.2 Å². The van der Waals surface area contributed by atoms with Gasteiger partial charge in [-0.1, -0.05) is 30.3 Å². The Morgan fingerprint density at radius 3 is 2.27 bits per heavy atom. The number of nitriles is 1. The molecule has 1 unspecified atom stereocenters. The van der Waals surface area contributed by atoms with Gasteiger partial charge in [0, 0.05) is 31.9 Å². The van der Waals surface area contributed by atoms with E-state index in [1.807, 2.05) is 42.5 Å². The minimum Gasteiger partial charge on any atom is -0.348 e. The molecule has 0 radical (unpaired) electrons. The van der Waals surface area contributed by atoms with Gasteiger partial charge in [-0.05, 0) is 98.1 Å². The number of carbonyl (C=O) groups is 2. The van der Waals surface area contributed by atoms with E-state index in [1.165, 1.54) is 17.7 Å². The first-order valence-electron chi connectivity index (χ1n) is 14.4. The van der Waals surface area contributed by atoms with Crippen molar-refractivity contribution in [1.82, 2.24) is 20.1 Å². The van der Waals surface area contributed by atoms with Crippen molar-refractivity contribution in [3.05, 3.63) is 101 Å². The number of nitrogens with zero attached hydrogens (tertiary/aromatic N) is 4. The summed E-state index contributed by atoms with van der Waals surface area (Å²) < 4.78 is 13.2. The van der Waals surface area contributed by atoms with Crippen LogP contribution in [0.3, 0.4) is 0 Å². The molecule has 7 nitrogen and oxygen atoms in total. The lowest BCUT2D eigenvalue weighted by molar-refractivity contribution is -0.113. The number of amides is 1. The van der Waals surface area contributed by atoms with Gasteiger partial charge in [0.1, 0.15) is 17.8 Å². The highest BCUT2D eigenvalue weighted by Crippen LogP contribution is 2.28. The van der Waals surface area contributed by atoms with Gasteiger partial charge >= 0.3 is 0 Å². The molecule has 2 aliphatic heterocycles. The van der Waals surface area contributed by atoms with Crippen molar-refractivity contribution in [1.29, 1.82) is 5.26 Å². The average Bonchev–Trinajstić information content (AvgIpc) is 3.01. The van der Waals surface area contributed by atoms with E-state index in [-0.39, 0.29) is 23.8 Å². The molecule has 0 spiro atoms. The number of nitrogens with one attached hydrogen (secondary N) is 1. The van der Waals surface area contributed by atoms with Crippen LogP contribution in [0.4, 0.5) is 4.39 Å². The highest BCUT2D eigenvalue weighted by molar-refractivity contribution is 5.92. The number of hydrogen-bond donors (Lipinski definition) is 1. The Balaban J connectivity index is 1.07. The molecule has 2 fully saturated rings. The van der Waals surface area contributed by atoms with E-state index in [0.717, 1.165) is 82.2 Å². The predicted octanol–water partition coefficient (Wildman–Crippen LogP) is 4.68. The molecule has 41 heavy (non-hydrogen) atoms. The monoisotopic (exact) mass is 553 g/mol. The van der Waals surface area contributed by atoms with Gasteiger partial charge in [-0.15, -0.1) is 0 Å². The zero-order valence-electron chi connectivity index (χ0n) is 23.2. The largest absolute Gasteiger partial charge is 0.348 e. The molecule has 2 saturated heterocycles. The lowest BCUT2D eigenvalue weighted by Crippen LogP contribution is -2.44. The summed E-state index contributed by atoms with van der Waals surface area (Å²) in [7, 11) is 0. The Kier molecular flexibility index (Phi) is 9.50. The molecular weight excluding hydrogens is 517 g/mol. The molecule has 2 aromatic carbocycles. The van der Waals surface area contributed by atoms with Gasteiger partial charge in [-0.2, -0.15) is 5.26 Å². The highest BCUT2D eigenvalue weighted by atomic mass is 19.1. The predicted molar refractivity (Wildman–Crippen MR) is 154 cm³/mol. The minimum atomic E-state index is -0.383. The summed E-state index contributed by atoms with van der Waals surface area (Å²) in [5.41, 5.74) is 4.14. The number of piperidine rings is 2. The number of pyridine rings is 1. The molecule has 0 bridgehead atoms. The first kappa shape index (κ1) is 28.6. The van der Waals surface area contributed by atoms with Crippen LogP contribution in [0.1, 0.15) is 64.5 Å². The summed E-state index contributed by atoms with van der Waals surface area (Å²) in [5, 5.41) is 12.1. The van der Waals surface area contributed by atoms with Crippen LogP contribution in [0.25, 0.3) is 0 Å². The Bertz CT molecular complexity index is 1340. The standard InChI is InChI=1S/C33H36FN5O2/c34-29-8-5-24(6-9-29)19-25-11-17-39(18-12-25)32(23-40)28-7-10-31(36-21-28)33(41)37-30-13-15-38(16-14-30)22-27-3-1-26(20-35)2-4-27/h1-10,21,23,25,30,32H,11-19,22H2,(H,37,41). The van der Waals surface area contributed by atoms with Gasteiger partial charge in [0.05, 0.1) is 17.7 Å². The van der Waals surface area contributed by atoms with E-state index in [4.69, 9.17) is 5.26 Å². The zero-order chi connectivity index (χ0) is 28.6. The van der Waals surface area contributed by atoms with Crippen molar-refractivity contribution in [3.8, 4) is 6.07 Å². The van der Waals surface area contributed by atoms with E-state index in [9.17, 15) is 14.0 Å². The third kappa shape index (κ3) is 7.63. The third-order valence-electron chi connectivity index (χ3n) is 8.38. The second kappa shape index (κ2) is 13.6. The highest BCUT2D eigenvalue weighted by Gasteiger charge is 2.27. The molecule has 1 aromatic heterocycles. The van der Waals surface area contributed by atoms with Crippen molar-refractivity contribution in [2.75, 3.05) is 26.2 Å². The molecular formula is C33H36FN5O2. The lowest BCUT2D eigenvalue weighted by Gasteiger charge is -2.35. The van der Waals surface area contributed by atoms with E-state index < -0.39 is 0 Å². The summed E-state index contributed by atoms with van der Waals surface area (Å²) in [6, 6.07) is 19.8. The van der Waals surface area contributed by atoms with Gasteiger partial charge in [0.15, 0.2) is 0 Å². The molecule has 1 atom stereocenters. The summed E-state index contributed by atoms with van der Waals surface area (Å²) in [6.45, 7) is 4.22. The van der Waals surface area contributed by atoms with Crippen molar-refractivity contribution in [3.63, 3.8) is 0 Å². The lowest BCUT2D eigenvalue weighted by atomic mass is 9.89. The number of benzene rings is 2. The normalized spacial score (nSPS) is 18.0. The quantitative estimate of drug-likeness (QED) is 0.387. The van der Waals surface area contributed by atoms with Gasteiger partial charge in [0.25, 0.3) is 5.91 Å².